The predicted octanol–water partition coefficient (Wildman–Crippen LogP) is 1.47. The fraction of sp³-hybridized carbons (Fsp3) is 0.583. The molecule has 4 nitrogen and oxygen atoms in total. The summed E-state index contributed by atoms with van der Waals surface area (Å²) in [6.07, 6.45) is 0.988. The lowest BCUT2D eigenvalue weighted by Crippen LogP contribution is -2.44. The minimum Gasteiger partial charge on any atom is -0.481 e. The second kappa shape index (κ2) is 6.14. The van der Waals surface area contributed by atoms with Crippen LogP contribution in [0.4, 0.5) is 0 Å². The van der Waals surface area contributed by atoms with Gasteiger partial charge in [0.15, 0.2) is 0 Å². The van der Waals surface area contributed by atoms with E-state index in [4.69, 9.17) is 9.84 Å². The predicted molar refractivity (Wildman–Crippen MR) is 66.5 cm³/mol. The Kier molecular flexibility index (Phi) is 4.53. The first kappa shape index (κ1) is 12.5. The smallest absolute Gasteiger partial charge is 0.306 e. The van der Waals surface area contributed by atoms with Crippen molar-refractivity contribution in [3.63, 3.8) is 0 Å². The Balaban J connectivity index is 1.75. The van der Waals surface area contributed by atoms with E-state index < -0.39 is 5.97 Å². The number of rotatable bonds is 5. The summed E-state index contributed by atoms with van der Waals surface area (Å²) in [5, 5.41) is 13.0. The SMILES string of the molecule is O=C(O)CC1CN(CCc2ccsc2)CCO1. The number of nitrogens with zero attached hydrogens (tertiary/aromatic N) is 1. The average molecular weight is 255 g/mol. The van der Waals surface area contributed by atoms with Crippen molar-refractivity contribution in [2.75, 3.05) is 26.2 Å². The highest BCUT2D eigenvalue weighted by molar-refractivity contribution is 7.07. The van der Waals surface area contributed by atoms with Crippen LogP contribution in [0.15, 0.2) is 16.8 Å². The number of ether oxygens (including phenoxy) is 1. The first-order chi connectivity index (χ1) is 8.24. The molecule has 1 unspecified atom stereocenters. The van der Waals surface area contributed by atoms with Crippen LogP contribution >= 0.6 is 11.3 Å². The van der Waals surface area contributed by atoms with Crippen LogP contribution in [0.5, 0.6) is 0 Å². The quantitative estimate of drug-likeness (QED) is 0.865. The number of carboxylic acids is 1. The molecule has 0 saturated carbocycles. The Morgan fingerprint density at radius 1 is 1.65 bits per heavy atom. The molecule has 1 aromatic rings. The minimum atomic E-state index is -0.783. The van der Waals surface area contributed by atoms with Crippen molar-refractivity contribution in [1.82, 2.24) is 4.90 Å². The van der Waals surface area contributed by atoms with Crippen LogP contribution in [-0.2, 0) is 16.0 Å². The maximum absolute atomic E-state index is 10.6. The molecule has 0 radical (unpaired) electrons. The molecular weight excluding hydrogens is 238 g/mol. The van der Waals surface area contributed by atoms with Gasteiger partial charge in [0.25, 0.3) is 0 Å². The fourth-order valence-corrected chi connectivity index (χ4v) is 2.73. The molecule has 17 heavy (non-hydrogen) atoms. The summed E-state index contributed by atoms with van der Waals surface area (Å²) < 4.78 is 5.44. The summed E-state index contributed by atoms with van der Waals surface area (Å²) in [4.78, 5) is 12.9. The molecule has 5 heteroatoms. The number of carboxylic acid groups (broad SMARTS) is 1. The number of hydrogen-bond donors (Lipinski definition) is 1. The van der Waals surface area contributed by atoms with Crippen molar-refractivity contribution in [3.8, 4) is 0 Å². The van der Waals surface area contributed by atoms with E-state index >= 15 is 0 Å². The first-order valence-corrected chi connectivity index (χ1v) is 6.75. The lowest BCUT2D eigenvalue weighted by Gasteiger charge is -2.32. The van der Waals surface area contributed by atoms with Crippen LogP contribution in [-0.4, -0.2) is 48.3 Å². The topological polar surface area (TPSA) is 49.8 Å². The van der Waals surface area contributed by atoms with E-state index in [1.54, 1.807) is 11.3 Å². The highest BCUT2D eigenvalue weighted by Gasteiger charge is 2.22. The van der Waals surface area contributed by atoms with Gasteiger partial charge in [-0.05, 0) is 28.8 Å². The normalized spacial score (nSPS) is 21.5. The summed E-state index contributed by atoms with van der Waals surface area (Å²) in [6.45, 7) is 3.26. The van der Waals surface area contributed by atoms with Gasteiger partial charge in [-0.1, -0.05) is 0 Å². The fourth-order valence-electron chi connectivity index (χ4n) is 2.02. The standard InChI is InChI=1S/C12H17NO3S/c14-12(15)7-11-8-13(4-5-16-11)3-1-10-2-6-17-9-10/h2,6,9,11H,1,3-5,7-8H2,(H,14,15). The molecule has 1 atom stereocenters. The Morgan fingerprint density at radius 2 is 2.53 bits per heavy atom. The Morgan fingerprint density at radius 3 is 3.24 bits per heavy atom. The molecule has 1 aromatic heterocycles. The largest absolute Gasteiger partial charge is 0.481 e. The number of hydrogen-bond acceptors (Lipinski definition) is 4. The van der Waals surface area contributed by atoms with Crippen molar-refractivity contribution < 1.29 is 14.6 Å². The lowest BCUT2D eigenvalue weighted by atomic mass is 10.2. The monoisotopic (exact) mass is 255 g/mol. The van der Waals surface area contributed by atoms with Crippen molar-refractivity contribution in [2.45, 2.75) is 18.9 Å². The molecule has 1 aliphatic rings. The van der Waals surface area contributed by atoms with Gasteiger partial charge in [0.05, 0.1) is 19.1 Å². The maximum atomic E-state index is 10.6. The van der Waals surface area contributed by atoms with E-state index in [0.717, 1.165) is 26.1 Å². The van der Waals surface area contributed by atoms with Gasteiger partial charge in [-0.15, -0.1) is 0 Å². The number of morpholine rings is 1. The minimum absolute atomic E-state index is 0.106. The third-order valence-corrected chi connectivity index (χ3v) is 3.65. The third-order valence-electron chi connectivity index (χ3n) is 2.92. The molecule has 1 saturated heterocycles. The zero-order valence-corrected chi connectivity index (χ0v) is 10.5. The van der Waals surface area contributed by atoms with Gasteiger partial charge in [0, 0.05) is 19.6 Å². The van der Waals surface area contributed by atoms with E-state index in [1.165, 1.54) is 5.56 Å². The van der Waals surface area contributed by atoms with Gasteiger partial charge >= 0.3 is 5.97 Å². The van der Waals surface area contributed by atoms with Crippen molar-refractivity contribution >= 4 is 17.3 Å². The maximum Gasteiger partial charge on any atom is 0.306 e. The Labute approximate surface area is 105 Å². The molecule has 2 rings (SSSR count). The van der Waals surface area contributed by atoms with Crippen LogP contribution in [0.3, 0.4) is 0 Å². The van der Waals surface area contributed by atoms with Gasteiger partial charge < -0.3 is 9.84 Å². The van der Waals surface area contributed by atoms with E-state index in [0.29, 0.717) is 6.61 Å². The summed E-state index contributed by atoms with van der Waals surface area (Å²) >= 11 is 1.71. The molecule has 0 bridgehead atoms. The van der Waals surface area contributed by atoms with E-state index in [-0.39, 0.29) is 12.5 Å². The molecule has 1 aliphatic heterocycles. The molecule has 94 valence electrons. The van der Waals surface area contributed by atoms with Crippen molar-refractivity contribution in [3.05, 3.63) is 22.4 Å². The summed E-state index contributed by atoms with van der Waals surface area (Å²) in [7, 11) is 0. The zero-order chi connectivity index (χ0) is 12.1. The van der Waals surface area contributed by atoms with E-state index in [9.17, 15) is 4.79 Å². The Bertz CT molecular complexity index is 353. The van der Waals surface area contributed by atoms with Crippen LogP contribution in [0, 0.1) is 0 Å². The second-order valence-corrected chi connectivity index (χ2v) is 5.05. The number of aliphatic carboxylic acids is 1. The van der Waals surface area contributed by atoms with Gasteiger partial charge in [-0.2, -0.15) is 11.3 Å². The molecule has 0 aromatic carbocycles. The average Bonchev–Trinajstić information content (AvgIpc) is 2.79. The number of thiophene rings is 1. The van der Waals surface area contributed by atoms with Gasteiger partial charge in [-0.3, -0.25) is 9.69 Å². The van der Waals surface area contributed by atoms with Gasteiger partial charge in [0.2, 0.25) is 0 Å². The van der Waals surface area contributed by atoms with Crippen LogP contribution in [0.2, 0.25) is 0 Å². The van der Waals surface area contributed by atoms with Crippen LogP contribution in [0.25, 0.3) is 0 Å². The molecule has 1 fully saturated rings. The molecule has 1 N–H and O–H groups in total. The third kappa shape index (κ3) is 4.11. The van der Waals surface area contributed by atoms with E-state index in [1.807, 2.05) is 0 Å². The molecule has 0 spiro atoms. The lowest BCUT2D eigenvalue weighted by molar-refractivity contribution is -0.142. The molecule has 0 aliphatic carbocycles. The summed E-state index contributed by atoms with van der Waals surface area (Å²) in [6, 6.07) is 2.14. The van der Waals surface area contributed by atoms with Crippen LogP contribution < -0.4 is 0 Å². The Hall–Kier alpha value is -0.910. The molecule has 0 amide bonds. The van der Waals surface area contributed by atoms with E-state index in [2.05, 4.69) is 21.7 Å². The van der Waals surface area contributed by atoms with Gasteiger partial charge in [-0.25, -0.2) is 0 Å². The zero-order valence-electron chi connectivity index (χ0n) is 9.67. The molecule has 2 heterocycles. The van der Waals surface area contributed by atoms with Crippen molar-refractivity contribution in [1.29, 1.82) is 0 Å². The number of carbonyl (C=O) groups is 1. The first-order valence-electron chi connectivity index (χ1n) is 5.81. The summed E-state index contributed by atoms with van der Waals surface area (Å²) in [5.74, 6) is -0.783. The van der Waals surface area contributed by atoms with Crippen molar-refractivity contribution in [2.24, 2.45) is 0 Å². The summed E-state index contributed by atoms with van der Waals surface area (Å²) in [5.41, 5.74) is 1.36. The second-order valence-electron chi connectivity index (χ2n) is 4.27. The van der Waals surface area contributed by atoms with Crippen LogP contribution in [0.1, 0.15) is 12.0 Å². The van der Waals surface area contributed by atoms with Gasteiger partial charge in [0.1, 0.15) is 0 Å². The molecular formula is C12H17NO3S. The highest BCUT2D eigenvalue weighted by Crippen LogP contribution is 2.11. The highest BCUT2D eigenvalue weighted by atomic mass is 32.1.